The maximum atomic E-state index is 12.3. The maximum absolute atomic E-state index is 12.3. The Labute approximate surface area is 136 Å². The zero-order chi connectivity index (χ0) is 16.8. The summed E-state index contributed by atoms with van der Waals surface area (Å²) in [5.41, 5.74) is 0.468. The number of ether oxygens (including phenoxy) is 2. The van der Waals surface area contributed by atoms with Gasteiger partial charge < -0.3 is 14.4 Å². The number of rotatable bonds is 0. The van der Waals surface area contributed by atoms with Crippen LogP contribution in [0.15, 0.2) is 24.3 Å². The predicted octanol–water partition coefficient (Wildman–Crippen LogP) is 3.47. The number of likely N-dealkylation sites (tertiary alicyclic amines) is 1. The first kappa shape index (κ1) is 15.8. The van der Waals surface area contributed by atoms with Gasteiger partial charge in [-0.2, -0.15) is 0 Å². The molecule has 2 atom stereocenters. The van der Waals surface area contributed by atoms with E-state index in [9.17, 15) is 9.59 Å². The molecule has 0 saturated carbocycles. The third-order valence-electron chi connectivity index (χ3n) is 4.47. The van der Waals surface area contributed by atoms with E-state index < -0.39 is 11.2 Å². The Bertz CT molecular complexity index is 649. The van der Waals surface area contributed by atoms with Crippen molar-refractivity contribution in [2.24, 2.45) is 0 Å². The minimum Gasteiger partial charge on any atom is -0.450 e. The smallest absolute Gasteiger partial charge is 0.410 e. The van der Waals surface area contributed by atoms with Crippen molar-refractivity contribution in [1.82, 2.24) is 4.90 Å². The van der Waals surface area contributed by atoms with Gasteiger partial charge in [0.25, 0.3) is 0 Å². The van der Waals surface area contributed by atoms with Crippen molar-refractivity contribution < 1.29 is 19.1 Å². The standard InChI is InChI=1S/C18H23NO4/c1-12-11-18(9-10-19(12)16(21)23-17(2,3)4)14-8-6-5-7-13(14)15(20)22-18/h5-8,12H,9-11H2,1-4H3. The molecule has 1 aromatic carbocycles. The van der Waals surface area contributed by atoms with Gasteiger partial charge in [0.15, 0.2) is 0 Å². The number of esters is 1. The van der Waals surface area contributed by atoms with Crippen molar-refractivity contribution in [1.29, 1.82) is 0 Å². The summed E-state index contributed by atoms with van der Waals surface area (Å²) in [6, 6.07) is 7.47. The Balaban J connectivity index is 1.80. The average molecular weight is 317 g/mol. The minimum absolute atomic E-state index is 0.0578. The van der Waals surface area contributed by atoms with Crippen molar-refractivity contribution in [3.8, 4) is 0 Å². The van der Waals surface area contributed by atoms with E-state index in [-0.39, 0.29) is 18.1 Å². The van der Waals surface area contributed by atoms with Gasteiger partial charge in [-0.25, -0.2) is 9.59 Å². The predicted molar refractivity (Wildman–Crippen MR) is 85.2 cm³/mol. The molecule has 2 aliphatic heterocycles. The largest absolute Gasteiger partial charge is 0.450 e. The Kier molecular flexibility index (Phi) is 3.62. The fourth-order valence-corrected chi connectivity index (χ4v) is 3.49. The first-order chi connectivity index (χ1) is 10.7. The molecule has 3 rings (SSSR count). The Morgan fingerprint density at radius 3 is 2.70 bits per heavy atom. The van der Waals surface area contributed by atoms with Crippen molar-refractivity contribution in [3.05, 3.63) is 35.4 Å². The number of amides is 1. The summed E-state index contributed by atoms with van der Waals surface area (Å²) in [6.45, 7) is 8.05. The second kappa shape index (κ2) is 5.25. The first-order valence-electron chi connectivity index (χ1n) is 8.04. The molecule has 1 amide bonds. The molecule has 1 saturated heterocycles. The van der Waals surface area contributed by atoms with E-state index in [1.807, 2.05) is 45.9 Å². The van der Waals surface area contributed by atoms with E-state index in [0.717, 1.165) is 5.56 Å². The van der Waals surface area contributed by atoms with Gasteiger partial charge in [0.2, 0.25) is 0 Å². The number of benzene rings is 1. The Morgan fingerprint density at radius 1 is 1.35 bits per heavy atom. The molecule has 5 nitrogen and oxygen atoms in total. The van der Waals surface area contributed by atoms with Crippen LogP contribution in [0, 0.1) is 0 Å². The van der Waals surface area contributed by atoms with Crippen LogP contribution in [0.1, 0.15) is 56.5 Å². The number of fused-ring (bicyclic) bond motifs is 2. The highest BCUT2D eigenvalue weighted by Crippen LogP contribution is 2.45. The van der Waals surface area contributed by atoms with E-state index in [0.29, 0.717) is 24.9 Å². The van der Waals surface area contributed by atoms with Crippen molar-refractivity contribution in [2.75, 3.05) is 6.54 Å². The van der Waals surface area contributed by atoms with Gasteiger partial charge in [0.05, 0.1) is 5.56 Å². The van der Waals surface area contributed by atoms with Gasteiger partial charge in [0.1, 0.15) is 11.2 Å². The summed E-state index contributed by atoms with van der Waals surface area (Å²) in [4.78, 5) is 26.2. The fraction of sp³-hybridized carbons (Fsp3) is 0.556. The van der Waals surface area contributed by atoms with Crippen LogP contribution in [-0.2, 0) is 15.1 Å². The second-order valence-electron chi connectivity index (χ2n) is 7.41. The maximum Gasteiger partial charge on any atom is 0.410 e. The summed E-state index contributed by atoms with van der Waals surface area (Å²) >= 11 is 0. The normalized spacial score (nSPS) is 26.9. The number of piperidine rings is 1. The lowest BCUT2D eigenvalue weighted by atomic mass is 9.81. The van der Waals surface area contributed by atoms with Gasteiger partial charge in [-0.15, -0.1) is 0 Å². The van der Waals surface area contributed by atoms with E-state index in [1.54, 1.807) is 11.0 Å². The average Bonchev–Trinajstić information content (AvgIpc) is 2.70. The van der Waals surface area contributed by atoms with Crippen LogP contribution in [0.2, 0.25) is 0 Å². The van der Waals surface area contributed by atoms with Gasteiger partial charge >= 0.3 is 12.1 Å². The number of carbonyl (C=O) groups excluding carboxylic acids is 2. The van der Waals surface area contributed by atoms with Crippen molar-refractivity contribution in [3.63, 3.8) is 0 Å². The second-order valence-corrected chi connectivity index (χ2v) is 7.41. The lowest BCUT2D eigenvalue weighted by molar-refractivity contribution is -0.0617. The molecule has 1 fully saturated rings. The molecule has 0 radical (unpaired) electrons. The van der Waals surface area contributed by atoms with Crippen LogP contribution in [0.25, 0.3) is 0 Å². The summed E-state index contributed by atoms with van der Waals surface area (Å²) in [6.07, 6.45) is 0.881. The zero-order valence-corrected chi connectivity index (χ0v) is 14.1. The molecule has 2 aliphatic rings. The molecule has 2 unspecified atom stereocenters. The van der Waals surface area contributed by atoms with Gasteiger partial charge in [-0.1, -0.05) is 18.2 Å². The van der Waals surface area contributed by atoms with Crippen LogP contribution in [0.5, 0.6) is 0 Å². The first-order valence-corrected chi connectivity index (χ1v) is 8.04. The number of hydrogen-bond acceptors (Lipinski definition) is 4. The van der Waals surface area contributed by atoms with Crippen LogP contribution in [0.4, 0.5) is 4.79 Å². The van der Waals surface area contributed by atoms with Crippen molar-refractivity contribution in [2.45, 2.75) is 57.8 Å². The number of carbonyl (C=O) groups is 2. The topological polar surface area (TPSA) is 55.8 Å². The molecule has 1 spiro atoms. The molecule has 0 bridgehead atoms. The third kappa shape index (κ3) is 2.80. The SMILES string of the molecule is CC1CC2(CCN1C(=O)OC(C)(C)C)OC(=O)c1ccccc12. The highest BCUT2D eigenvalue weighted by molar-refractivity contribution is 5.94. The summed E-state index contributed by atoms with van der Waals surface area (Å²) in [7, 11) is 0. The van der Waals surface area contributed by atoms with E-state index in [1.165, 1.54) is 0 Å². The summed E-state index contributed by atoms with van der Waals surface area (Å²) < 4.78 is 11.2. The molecule has 2 heterocycles. The molecule has 23 heavy (non-hydrogen) atoms. The van der Waals surface area contributed by atoms with Crippen LogP contribution < -0.4 is 0 Å². The molecule has 124 valence electrons. The lowest BCUT2D eigenvalue weighted by Gasteiger charge is -2.43. The highest BCUT2D eigenvalue weighted by atomic mass is 16.6. The molecule has 5 heteroatoms. The molecule has 0 aliphatic carbocycles. The number of nitrogens with zero attached hydrogens (tertiary/aromatic N) is 1. The fourth-order valence-electron chi connectivity index (χ4n) is 3.49. The Hall–Kier alpha value is -2.04. The molecule has 1 aromatic rings. The lowest BCUT2D eigenvalue weighted by Crippen LogP contribution is -2.51. The molecule has 0 N–H and O–H groups in total. The molecular weight excluding hydrogens is 294 g/mol. The quantitative estimate of drug-likeness (QED) is 0.688. The van der Waals surface area contributed by atoms with E-state index >= 15 is 0 Å². The molecular formula is C18H23NO4. The monoisotopic (exact) mass is 317 g/mol. The van der Waals surface area contributed by atoms with Gasteiger partial charge in [0, 0.05) is 31.0 Å². The van der Waals surface area contributed by atoms with E-state index in [2.05, 4.69) is 0 Å². The summed E-state index contributed by atoms with van der Waals surface area (Å²) in [5, 5.41) is 0. The van der Waals surface area contributed by atoms with E-state index in [4.69, 9.17) is 9.47 Å². The zero-order valence-electron chi connectivity index (χ0n) is 14.1. The Morgan fingerprint density at radius 2 is 2.04 bits per heavy atom. The van der Waals surface area contributed by atoms with Crippen LogP contribution >= 0.6 is 0 Å². The van der Waals surface area contributed by atoms with Crippen LogP contribution in [-0.4, -0.2) is 35.2 Å². The molecule has 0 aromatic heterocycles. The van der Waals surface area contributed by atoms with Crippen molar-refractivity contribution >= 4 is 12.1 Å². The van der Waals surface area contributed by atoms with Crippen LogP contribution in [0.3, 0.4) is 0 Å². The van der Waals surface area contributed by atoms with Gasteiger partial charge in [-0.3, -0.25) is 0 Å². The number of hydrogen-bond donors (Lipinski definition) is 0. The third-order valence-corrected chi connectivity index (χ3v) is 4.47. The van der Waals surface area contributed by atoms with Gasteiger partial charge in [-0.05, 0) is 33.8 Å². The highest BCUT2D eigenvalue weighted by Gasteiger charge is 2.50. The summed E-state index contributed by atoms with van der Waals surface area (Å²) in [5.74, 6) is -0.265. The minimum atomic E-state index is -0.606.